The van der Waals surface area contributed by atoms with Crippen LogP contribution in [0.15, 0.2) is 78.9 Å². The van der Waals surface area contributed by atoms with Gasteiger partial charge in [0.25, 0.3) is 5.91 Å². The summed E-state index contributed by atoms with van der Waals surface area (Å²) in [7, 11) is 0. The number of nitrogens with two attached hydrogens (primary N) is 1. The summed E-state index contributed by atoms with van der Waals surface area (Å²) in [5.74, 6) is 1.06. The summed E-state index contributed by atoms with van der Waals surface area (Å²) in [6.07, 6.45) is 1.19. The van der Waals surface area contributed by atoms with Gasteiger partial charge in [-0.2, -0.15) is 0 Å². The Morgan fingerprint density at radius 1 is 0.840 bits per heavy atom. The minimum Gasteiger partial charge on any atom is -0.399 e. The number of carbonyl (C=O) groups is 1. The smallest absolute Gasteiger partial charge is 0.255 e. The van der Waals surface area contributed by atoms with E-state index in [1.165, 1.54) is 17.5 Å². The first-order valence-corrected chi connectivity index (χ1v) is 8.52. The summed E-state index contributed by atoms with van der Waals surface area (Å²) in [5, 5.41) is 2.92. The van der Waals surface area contributed by atoms with Crippen molar-refractivity contribution in [3.63, 3.8) is 0 Å². The molecule has 1 aliphatic rings. The van der Waals surface area contributed by atoms with E-state index in [9.17, 15) is 4.79 Å². The molecular formula is C22H20N2O. The Balaban J connectivity index is 1.42. The lowest BCUT2D eigenvalue weighted by molar-refractivity contribution is 0.102. The van der Waals surface area contributed by atoms with Crippen LogP contribution >= 0.6 is 0 Å². The molecule has 0 aromatic heterocycles. The molecule has 0 bridgehead atoms. The Morgan fingerprint density at radius 3 is 2.20 bits per heavy atom. The van der Waals surface area contributed by atoms with E-state index in [0.29, 0.717) is 23.1 Å². The van der Waals surface area contributed by atoms with Crippen LogP contribution in [0.5, 0.6) is 0 Å². The molecule has 25 heavy (non-hydrogen) atoms. The second-order valence-electron chi connectivity index (χ2n) is 6.56. The van der Waals surface area contributed by atoms with Crippen molar-refractivity contribution in [2.24, 2.45) is 0 Å². The zero-order valence-electron chi connectivity index (χ0n) is 13.9. The summed E-state index contributed by atoms with van der Waals surface area (Å²) >= 11 is 0. The lowest BCUT2D eigenvalue weighted by Gasteiger charge is -2.07. The van der Waals surface area contributed by atoms with Gasteiger partial charge in [0, 0.05) is 16.9 Å². The van der Waals surface area contributed by atoms with Crippen LogP contribution in [-0.4, -0.2) is 5.91 Å². The van der Waals surface area contributed by atoms with E-state index >= 15 is 0 Å². The van der Waals surface area contributed by atoms with Gasteiger partial charge in [-0.1, -0.05) is 48.5 Å². The molecule has 3 heteroatoms. The summed E-state index contributed by atoms with van der Waals surface area (Å²) in [6, 6.07) is 25.8. The fraction of sp³-hybridized carbons (Fsp3) is 0.136. The number of nitrogens with one attached hydrogen (secondary N) is 1. The third kappa shape index (κ3) is 3.41. The molecule has 4 rings (SSSR count). The minimum atomic E-state index is -0.145. The molecule has 3 aromatic carbocycles. The predicted octanol–water partition coefficient (Wildman–Crippen LogP) is 4.79. The molecule has 3 aromatic rings. The SMILES string of the molecule is Nc1cccc(C(=O)Nc2ccc(C3CC3c3ccccc3)cc2)c1. The standard InChI is InChI=1S/C22H20N2O/c23-18-8-4-7-17(13-18)22(25)24-19-11-9-16(10-12-19)21-14-20(21)15-5-2-1-3-6-15/h1-13,20-21H,14,23H2,(H,24,25). The molecule has 3 nitrogen and oxygen atoms in total. The number of anilines is 2. The number of nitrogen functional groups attached to an aromatic ring is 1. The summed E-state index contributed by atoms with van der Waals surface area (Å²) < 4.78 is 0. The zero-order chi connectivity index (χ0) is 17.2. The monoisotopic (exact) mass is 328 g/mol. The molecule has 0 saturated heterocycles. The van der Waals surface area contributed by atoms with Gasteiger partial charge in [0.05, 0.1) is 0 Å². The van der Waals surface area contributed by atoms with E-state index in [4.69, 9.17) is 5.73 Å². The molecule has 3 N–H and O–H groups in total. The van der Waals surface area contributed by atoms with Crippen LogP contribution in [0.25, 0.3) is 0 Å². The quantitative estimate of drug-likeness (QED) is 0.676. The molecule has 2 atom stereocenters. The molecule has 1 amide bonds. The lowest BCUT2D eigenvalue weighted by Crippen LogP contribution is -2.12. The molecule has 2 unspecified atom stereocenters. The maximum atomic E-state index is 12.3. The Kier molecular flexibility index (Phi) is 3.98. The lowest BCUT2D eigenvalue weighted by atomic mass is 10.0. The maximum Gasteiger partial charge on any atom is 0.255 e. The van der Waals surface area contributed by atoms with E-state index in [1.807, 2.05) is 12.1 Å². The van der Waals surface area contributed by atoms with Crippen molar-refractivity contribution in [2.75, 3.05) is 11.1 Å². The first kappa shape index (κ1) is 15.5. The highest BCUT2D eigenvalue weighted by atomic mass is 16.1. The highest BCUT2D eigenvalue weighted by Gasteiger charge is 2.39. The largest absolute Gasteiger partial charge is 0.399 e. The highest BCUT2D eigenvalue weighted by molar-refractivity contribution is 6.04. The first-order valence-electron chi connectivity index (χ1n) is 8.52. The van der Waals surface area contributed by atoms with E-state index in [0.717, 1.165) is 5.69 Å². The summed E-state index contributed by atoms with van der Waals surface area (Å²) in [6.45, 7) is 0. The number of benzene rings is 3. The fourth-order valence-electron chi connectivity index (χ4n) is 3.33. The van der Waals surface area contributed by atoms with Gasteiger partial charge in [0.15, 0.2) is 0 Å². The Morgan fingerprint density at radius 2 is 1.52 bits per heavy atom. The molecule has 1 saturated carbocycles. The van der Waals surface area contributed by atoms with Gasteiger partial charge in [-0.3, -0.25) is 4.79 Å². The predicted molar refractivity (Wildman–Crippen MR) is 102 cm³/mol. The normalized spacial score (nSPS) is 18.6. The van der Waals surface area contributed by atoms with E-state index in [-0.39, 0.29) is 5.91 Å². The number of amides is 1. The van der Waals surface area contributed by atoms with Crippen LogP contribution in [0, 0.1) is 0 Å². The third-order valence-corrected chi connectivity index (χ3v) is 4.76. The van der Waals surface area contributed by atoms with Gasteiger partial charge in [0.1, 0.15) is 0 Å². The molecule has 0 radical (unpaired) electrons. The average Bonchev–Trinajstić information content (AvgIpc) is 3.44. The number of hydrogen-bond acceptors (Lipinski definition) is 2. The number of hydrogen-bond donors (Lipinski definition) is 2. The van der Waals surface area contributed by atoms with Crippen molar-refractivity contribution < 1.29 is 4.79 Å². The molecule has 1 aliphatic carbocycles. The Bertz CT molecular complexity index is 887. The van der Waals surface area contributed by atoms with Crippen LogP contribution in [-0.2, 0) is 0 Å². The third-order valence-electron chi connectivity index (χ3n) is 4.76. The van der Waals surface area contributed by atoms with Gasteiger partial charge >= 0.3 is 0 Å². The van der Waals surface area contributed by atoms with Crippen molar-refractivity contribution in [3.8, 4) is 0 Å². The van der Waals surface area contributed by atoms with Crippen LogP contribution in [0.1, 0.15) is 39.7 Å². The van der Waals surface area contributed by atoms with Crippen molar-refractivity contribution >= 4 is 17.3 Å². The number of carbonyl (C=O) groups excluding carboxylic acids is 1. The van der Waals surface area contributed by atoms with Crippen LogP contribution in [0.4, 0.5) is 11.4 Å². The van der Waals surface area contributed by atoms with Crippen molar-refractivity contribution in [1.29, 1.82) is 0 Å². The van der Waals surface area contributed by atoms with E-state index in [2.05, 4.69) is 47.8 Å². The van der Waals surface area contributed by atoms with Gasteiger partial charge < -0.3 is 11.1 Å². The topological polar surface area (TPSA) is 55.1 Å². The minimum absolute atomic E-state index is 0.145. The van der Waals surface area contributed by atoms with Crippen LogP contribution in [0.2, 0.25) is 0 Å². The van der Waals surface area contributed by atoms with Crippen molar-refractivity contribution in [3.05, 3.63) is 95.6 Å². The van der Waals surface area contributed by atoms with Gasteiger partial charge in [-0.15, -0.1) is 0 Å². The maximum absolute atomic E-state index is 12.3. The molecule has 1 fully saturated rings. The molecule has 0 heterocycles. The van der Waals surface area contributed by atoms with Gasteiger partial charge in [0.2, 0.25) is 0 Å². The molecular weight excluding hydrogens is 308 g/mol. The summed E-state index contributed by atoms with van der Waals surface area (Å²) in [4.78, 5) is 12.3. The van der Waals surface area contributed by atoms with Crippen LogP contribution < -0.4 is 11.1 Å². The zero-order valence-corrected chi connectivity index (χ0v) is 13.9. The first-order chi connectivity index (χ1) is 12.2. The van der Waals surface area contributed by atoms with E-state index < -0.39 is 0 Å². The molecule has 0 aliphatic heterocycles. The second-order valence-corrected chi connectivity index (χ2v) is 6.56. The second kappa shape index (κ2) is 6.44. The molecule has 0 spiro atoms. The molecule has 124 valence electrons. The highest BCUT2D eigenvalue weighted by Crippen LogP contribution is 2.54. The summed E-state index contributed by atoms with van der Waals surface area (Å²) in [5.41, 5.74) is 10.4. The number of rotatable bonds is 4. The van der Waals surface area contributed by atoms with Crippen LogP contribution in [0.3, 0.4) is 0 Å². The van der Waals surface area contributed by atoms with E-state index in [1.54, 1.807) is 24.3 Å². The average molecular weight is 328 g/mol. The Labute approximate surface area is 147 Å². The van der Waals surface area contributed by atoms with Crippen molar-refractivity contribution in [1.82, 2.24) is 0 Å². The van der Waals surface area contributed by atoms with Crippen molar-refractivity contribution in [2.45, 2.75) is 18.3 Å². The van der Waals surface area contributed by atoms with Gasteiger partial charge in [-0.25, -0.2) is 0 Å². The van der Waals surface area contributed by atoms with Gasteiger partial charge in [-0.05, 0) is 59.7 Å². The fourth-order valence-corrected chi connectivity index (χ4v) is 3.33. The Hall–Kier alpha value is -3.07.